The summed E-state index contributed by atoms with van der Waals surface area (Å²) in [5.41, 5.74) is 0. The van der Waals surface area contributed by atoms with Gasteiger partial charge in [-0.1, -0.05) is 64.2 Å². The van der Waals surface area contributed by atoms with Crippen molar-refractivity contribution in [2.45, 2.75) is 83.5 Å². The second kappa shape index (κ2) is 5.76. The molecule has 0 heterocycles. The van der Waals surface area contributed by atoms with Gasteiger partial charge in [-0.2, -0.15) is 0 Å². The third kappa shape index (κ3) is 3.26. The fraction of sp³-hybridized carbons (Fsp3) is 1.00. The van der Waals surface area contributed by atoms with E-state index in [0.717, 1.165) is 23.7 Å². The minimum Gasteiger partial charge on any atom is -0.0530 e. The largest absolute Gasteiger partial charge is 0.0530 e. The maximum Gasteiger partial charge on any atom is -0.0409 e. The lowest BCUT2D eigenvalue weighted by atomic mass is 9.88. The lowest BCUT2D eigenvalue weighted by molar-refractivity contribution is 0.341. The molecular weight excluding hydrogens is 204 g/mol. The van der Waals surface area contributed by atoms with Crippen LogP contribution in [0.5, 0.6) is 0 Å². The molecule has 3 saturated carbocycles. The van der Waals surface area contributed by atoms with Crippen LogP contribution in [0.3, 0.4) is 0 Å². The Labute approximate surface area is 108 Å². The highest BCUT2D eigenvalue weighted by Gasteiger charge is 2.30. The van der Waals surface area contributed by atoms with E-state index in [1.807, 2.05) is 0 Å². The van der Waals surface area contributed by atoms with Crippen molar-refractivity contribution in [3.63, 3.8) is 0 Å². The predicted molar refractivity (Wildman–Crippen MR) is 74.0 cm³/mol. The van der Waals surface area contributed by atoms with E-state index in [9.17, 15) is 0 Å². The molecule has 0 nitrogen and oxygen atoms in total. The van der Waals surface area contributed by atoms with Gasteiger partial charge in [0.15, 0.2) is 0 Å². The molecule has 2 atom stereocenters. The van der Waals surface area contributed by atoms with Gasteiger partial charge in [-0.25, -0.2) is 0 Å². The molecule has 0 aromatic carbocycles. The van der Waals surface area contributed by atoms with E-state index in [1.54, 1.807) is 57.8 Å². The van der Waals surface area contributed by atoms with Gasteiger partial charge in [-0.15, -0.1) is 0 Å². The summed E-state index contributed by atoms with van der Waals surface area (Å²) in [6, 6.07) is 0. The molecule has 3 rings (SSSR count). The van der Waals surface area contributed by atoms with Crippen molar-refractivity contribution in [1.29, 1.82) is 0 Å². The first-order valence-corrected chi connectivity index (χ1v) is 8.40. The van der Waals surface area contributed by atoms with Crippen molar-refractivity contribution in [3.8, 4) is 0 Å². The van der Waals surface area contributed by atoms with Crippen molar-refractivity contribution >= 4 is 0 Å². The molecule has 98 valence electrons. The van der Waals surface area contributed by atoms with Gasteiger partial charge in [0.25, 0.3) is 0 Å². The van der Waals surface area contributed by atoms with Crippen LogP contribution in [-0.2, 0) is 0 Å². The summed E-state index contributed by atoms with van der Waals surface area (Å²) < 4.78 is 0. The van der Waals surface area contributed by atoms with Gasteiger partial charge < -0.3 is 0 Å². The number of hydrogen-bond donors (Lipinski definition) is 0. The van der Waals surface area contributed by atoms with E-state index in [1.165, 1.54) is 25.7 Å². The fourth-order valence-corrected chi connectivity index (χ4v) is 5.04. The molecule has 0 aliphatic heterocycles. The summed E-state index contributed by atoms with van der Waals surface area (Å²) in [6.45, 7) is 0. The van der Waals surface area contributed by atoms with Gasteiger partial charge in [0.1, 0.15) is 0 Å². The lowest BCUT2D eigenvalue weighted by Gasteiger charge is -2.17. The monoisotopic (exact) mass is 234 g/mol. The molecule has 0 amide bonds. The Balaban J connectivity index is 1.38. The summed E-state index contributed by atoms with van der Waals surface area (Å²) >= 11 is 0. The Morgan fingerprint density at radius 3 is 1.29 bits per heavy atom. The first-order chi connectivity index (χ1) is 8.40. The highest BCUT2D eigenvalue weighted by molar-refractivity contribution is 4.82. The van der Waals surface area contributed by atoms with Crippen LogP contribution in [0.4, 0.5) is 0 Å². The molecule has 3 fully saturated rings. The zero-order chi connectivity index (χ0) is 11.5. The summed E-state index contributed by atoms with van der Waals surface area (Å²) in [6.07, 6.45) is 20.3. The molecule has 0 aromatic rings. The summed E-state index contributed by atoms with van der Waals surface area (Å²) in [7, 11) is 0. The third-order valence-electron chi connectivity index (χ3n) is 5.93. The highest BCUT2D eigenvalue weighted by Crippen LogP contribution is 2.43. The van der Waals surface area contributed by atoms with Crippen LogP contribution in [0.25, 0.3) is 0 Å². The zero-order valence-electron chi connectivity index (χ0n) is 11.5. The van der Waals surface area contributed by atoms with E-state index >= 15 is 0 Å². The third-order valence-corrected chi connectivity index (χ3v) is 5.93. The molecule has 17 heavy (non-hydrogen) atoms. The first kappa shape index (κ1) is 12.1. The van der Waals surface area contributed by atoms with Crippen molar-refractivity contribution in [2.24, 2.45) is 23.7 Å². The zero-order valence-corrected chi connectivity index (χ0v) is 11.5. The summed E-state index contributed by atoms with van der Waals surface area (Å²) in [5, 5.41) is 0. The van der Waals surface area contributed by atoms with Crippen LogP contribution in [0.2, 0.25) is 0 Å². The molecule has 0 saturated heterocycles. The average Bonchev–Trinajstić information content (AvgIpc) is 3.02. The average molecular weight is 234 g/mol. The van der Waals surface area contributed by atoms with E-state index in [0.29, 0.717) is 0 Å². The normalized spacial score (nSPS) is 36.0. The van der Waals surface area contributed by atoms with Crippen LogP contribution in [0.1, 0.15) is 83.5 Å². The maximum absolute atomic E-state index is 1.60. The van der Waals surface area contributed by atoms with Crippen LogP contribution in [0, 0.1) is 23.7 Å². The highest BCUT2D eigenvalue weighted by atomic mass is 14.4. The van der Waals surface area contributed by atoms with Gasteiger partial charge in [-0.3, -0.25) is 0 Å². The SMILES string of the molecule is C1CCC(C[C@H]2CC[C@@H](CC3CCCC3)C2)C1. The second-order valence-corrected chi connectivity index (χ2v) is 7.32. The van der Waals surface area contributed by atoms with Gasteiger partial charge in [0.05, 0.1) is 0 Å². The minimum atomic E-state index is 1.13. The summed E-state index contributed by atoms with van der Waals surface area (Å²) in [4.78, 5) is 0. The van der Waals surface area contributed by atoms with Crippen molar-refractivity contribution in [3.05, 3.63) is 0 Å². The molecule has 3 aliphatic rings. The molecule has 0 bridgehead atoms. The van der Waals surface area contributed by atoms with E-state index in [4.69, 9.17) is 0 Å². The van der Waals surface area contributed by atoms with Crippen LogP contribution >= 0.6 is 0 Å². The van der Waals surface area contributed by atoms with Crippen LogP contribution in [-0.4, -0.2) is 0 Å². The van der Waals surface area contributed by atoms with Crippen LogP contribution < -0.4 is 0 Å². The lowest BCUT2D eigenvalue weighted by Crippen LogP contribution is -2.06. The van der Waals surface area contributed by atoms with Crippen molar-refractivity contribution in [1.82, 2.24) is 0 Å². The van der Waals surface area contributed by atoms with Gasteiger partial charge in [0.2, 0.25) is 0 Å². The molecular formula is C17H30. The number of rotatable bonds is 4. The number of hydrogen-bond acceptors (Lipinski definition) is 0. The maximum atomic E-state index is 1.60. The molecule has 0 radical (unpaired) electrons. The van der Waals surface area contributed by atoms with Crippen molar-refractivity contribution < 1.29 is 0 Å². The Bertz CT molecular complexity index is 196. The second-order valence-electron chi connectivity index (χ2n) is 7.32. The van der Waals surface area contributed by atoms with E-state index < -0.39 is 0 Å². The molecule has 0 heteroatoms. The van der Waals surface area contributed by atoms with E-state index in [2.05, 4.69) is 0 Å². The fourth-order valence-electron chi connectivity index (χ4n) is 5.04. The topological polar surface area (TPSA) is 0 Å². The Hall–Kier alpha value is 0. The molecule has 0 unspecified atom stereocenters. The minimum absolute atomic E-state index is 1.13. The Kier molecular flexibility index (Phi) is 4.08. The standard InChI is InChI=1S/C17H30/c1-2-6-14(5-1)11-16-9-10-17(13-16)12-15-7-3-4-8-15/h14-17H,1-13H2/t16-,17+. The van der Waals surface area contributed by atoms with Gasteiger partial charge in [0, 0.05) is 0 Å². The molecule has 0 spiro atoms. The van der Waals surface area contributed by atoms with Gasteiger partial charge >= 0.3 is 0 Å². The quantitative estimate of drug-likeness (QED) is 0.597. The van der Waals surface area contributed by atoms with E-state index in [-0.39, 0.29) is 0 Å². The smallest absolute Gasteiger partial charge is 0.0409 e. The first-order valence-electron chi connectivity index (χ1n) is 8.40. The predicted octanol–water partition coefficient (Wildman–Crippen LogP) is 5.56. The van der Waals surface area contributed by atoms with Gasteiger partial charge in [-0.05, 0) is 42.9 Å². The van der Waals surface area contributed by atoms with Crippen LogP contribution in [0.15, 0.2) is 0 Å². The molecule has 0 N–H and O–H groups in total. The Morgan fingerprint density at radius 1 is 0.471 bits per heavy atom. The Morgan fingerprint density at radius 2 is 0.882 bits per heavy atom. The van der Waals surface area contributed by atoms with Crippen molar-refractivity contribution in [2.75, 3.05) is 0 Å². The summed E-state index contributed by atoms with van der Waals surface area (Å²) in [5.74, 6) is 4.52. The molecule has 0 aromatic heterocycles. The molecule has 3 aliphatic carbocycles.